The molecule has 0 aliphatic heterocycles. The van der Waals surface area contributed by atoms with Crippen LogP contribution in [0, 0.1) is 0 Å². The zero-order valence-corrected chi connectivity index (χ0v) is 10.9. The van der Waals surface area contributed by atoms with Gasteiger partial charge in [0, 0.05) is 31.0 Å². The van der Waals surface area contributed by atoms with Gasteiger partial charge < -0.3 is 4.90 Å². The maximum Gasteiger partial charge on any atom is 0.130 e. The van der Waals surface area contributed by atoms with Crippen molar-refractivity contribution in [2.24, 2.45) is 0 Å². The lowest BCUT2D eigenvalue weighted by Crippen LogP contribution is -2.16. The molecule has 0 aliphatic rings. The van der Waals surface area contributed by atoms with Crippen LogP contribution in [0.15, 0.2) is 42.6 Å². The summed E-state index contributed by atoms with van der Waals surface area (Å²) in [6, 6.07) is 11.8. The molecule has 2 nitrogen and oxygen atoms in total. The van der Waals surface area contributed by atoms with Crippen molar-refractivity contribution in [2.45, 2.75) is 6.54 Å². The first-order valence-corrected chi connectivity index (χ1v) is 5.98. The Labute approximate surface area is 111 Å². The zero-order valence-electron chi connectivity index (χ0n) is 9.40. The number of benzene rings is 1. The summed E-state index contributed by atoms with van der Waals surface area (Å²) in [5.41, 5.74) is 2.10. The summed E-state index contributed by atoms with van der Waals surface area (Å²) in [4.78, 5) is 6.15. The summed E-state index contributed by atoms with van der Waals surface area (Å²) in [5, 5.41) is 1.06. The topological polar surface area (TPSA) is 16.1 Å². The van der Waals surface area contributed by atoms with Gasteiger partial charge in [0.1, 0.15) is 5.15 Å². The van der Waals surface area contributed by atoms with Crippen molar-refractivity contribution < 1.29 is 0 Å². The predicted molar refractivity (Wildman–Crippen MR) is 72.8 cm³/mol. The summed E-state index contributed by atoms with van der Waals surface area (Å²) >= 11 is 11.9. The smallest absolute Gasteiger partial charge is 0.130 e. The SMILES string of the molecule is CN(Cc1cnc(Cl)cc1Cl)c1ccccc1. The van der Waals surface area contributed by atoms with E-state index in [9.17, 15) is 0 Å². The molecule has 0 atom stereocenters. The first-order chi connectivity index (χ1) is 8.16. The van der Waals surface area contributed by atoms with Crippen LogP contribution in [0.3, 0.4) is 0 Å². The maximum absolute atomic E-state index is 6.11. The molecule has 1 aromatic carbocycles. The first-order valence-electron chi connectivity index (χ1n) is 5.23. The summed E-state index contributed by atoms with van der Waals surface area (Å²) in [5.74, 6) is 0. The highest BCUT2D eigenvalue weighted by Crippen LogP contribution is 2.22. The van der Waals surface area contributed by atoms with Crippen molar-refractivity contribution in [2.75, 3.05) is 11.9 Å². The highest BCUT2D eigenvalue weighted by atomic mass is 35.5. The quantitative estimate of drug-likeness (QED) is 0.780. The van der Waals surface area contributed by atoms with Gasteiger partial charge in [0.15, 0.2) is 0 Å². The van der Waals surface area contributed by atoms with Gasteiger partial charge in [-0.1, -0.05) is 41.4 Å². The third-order valence-electron chi connectivity index (χ3n) is 2.50. The molecule has 2 aromatic rings. The molecule has 4 heteroatoms. The predicted octanol–water partition coefficient (Wildman–Crippen LogP) is 4.02. The molecule has 1 aromatic heterocycles. The van der Waals surface area contributed by atoms with E-state index >= 15 is 0 Å². The lowest BCUT2D eigenvalue weighted by atomic mass is 10.2. The Bertz CT molecular complexity index is 500. The highest BCUT2D eigenvalue weighted by Gasteiger charge is 2.06. The van der Waals surface area contributed by atoms with E-state index in [-0.39, 0.29) is 0 Å². The summed E-state index contributed by atoms with van der Waals surface area (Å²) in [6.45, 7) is 0.701. The Morgan fingerprint density at radius 1 is 1.18 bits per heavy atom. The molecule has 0 spiro atoms. The highest BCUT2D eigenvalue weighted by molar-refractivity contribution is 6.34. The Kier molecular flexibility index (Phi) is 3.87. The molecular weight excluding hydrogens is 255 g/mol. The van der Waals surface area contributed by atoms with Crippen LogP contribution in [0.5, 0.6) is 0 Å². The minimum atomic E-state index is 0.418. The second kappa shape index (κ2) is 5.39. The van der Waals surface area contributed by atoms with Crippen LogP contribution in [0.1, 0.15) is 5.56 Å². The third kappa shape index (κ3) is 3.11. The fraction of sp³-hybridized carbons (Fsp3) is 0.154. The van der Waals surface area contributed by atoms with Crippen LogP contribution >= 0.6 is 23.2 Å². The summed E-state index contributed by atoms with van der Waals surface area (Å²) in [6.07, 6.45) is 1.71. The van der Waals surface area contributed by atoms with Crippen molar-refractivity contribution in [3.05, 3.63) is 58.3 Å². The van der Waals surface area contributed by atoms with Gasteiger partial charge >= 0.3 is 0 Å². The minimum absolute atomic E-state index is 0.418. The lowest BCUT2D eigenvalue weighted by molar-refractivity contribution is 0.915. The average Bonchev–Trinajstić information content (AvgIpc) is 2.34. The fourth-order valence-electron chi connectivity index (χ4n) is 1.58. The van der Waals surface area contributed by atoms with Crippen LogP contribution in [0.4, 0.5) is 5.69 Å². The minimum Gasteiger partial charge on any atom is -0.370 e. The molecule has 0 N–H and O–H groups in total. The molecule has 0 saturated carbocycles. The third-order valence-corrected chi connectivity index (χ3v) is 3.06. The van der Waals surface area contributed by atoms with Gasteiger partial charge in [0.05, 0.1) is 5.02 Å². The van der Waals surface area contributed by atoms with Crippen molar-refractivity contribution in [1.82, 2.24) is 4.98 Å². The molecule has 17 heavy (non-hydrogen) atoms. The van der Waals surface area contributed by atoms with Crippen molar-refractivity contribution in [1.29, 1.82) is 0 Å². The van der Waals surface area contributed by atoms with Gasteiger partial charge in [-0.3, -0.25) is 0 Å². The molecule has 0 aliphatic carbocycles. The fourth-order valence-corrected chi connectivity index (χ4v) is 2.01. The van der Waals surface area contributed by atoms with E-state index in [1.165, 1.54) is 0 Å². The lowest BCUT2D eigenvalue weighted by Gasteiger charge is -2.19. The summed E-state index contributed by atoms with van der Waals surface area (Å²) in [7, 11) is 2.01. The van der Waals surface area contributed by atoms with E-state index in [2.05, 4.69) is 22.0 Å². The Morgan fingerprint density at radius 2 is 1.88 bits per heavy atom. The second-order valence-corrected chi connectivity index (χ2v) is 4.58. The molecule has 0 fully saturated rings. The average molecular weight is 267 g/mol. The van der Waals surface area contributed by atoms with Crippen LogP contribution < -0.4 is 4.90 Å². The van der Waals surface area contributed by atoms with E-state index in [1.54, 1.807) is 12.3 Å². The number of nitrogens with zero attached hydrogens (tertiary/aromatic N) is 2. The second-order valence-electron chi connectivity index (χ2n) is 3.79. The number of hydrogen-bond acceptors (Lipinski definition) is 2. The molecule has 0 bridgehead atoms. The van der Waals surface area contributed by atoms with E-state index in [0.717, 1.165) is 11.3 Å². The standard InChI is InChI=1S/C13H12Cl2N2/c1-17(11-5-3-2-4-6-11)9-10-8-16-13(15)7-12(10)14/h2-8H,9H2,1H3. The van der Waals surface area contributed by atoms with Crippen LogP contribution in [-0.2, 0) is 6.54 Å². The van der Waals surface area contributed by atoms with Gasteiger partial charge in [0.2, 0.25) is 0 Å². The summed E-state index contributed by atoms with van der Waals surface area (Å²) < 4.78 is 0. The van der Waals surface area contributed by atoms with Crippen molar-refractivity contribution in [3.63, 3.8) is 0 Å². The van der Waals surface area contributed by atoms with Gasteiger partial charge in [-0.15, -0.1) is 0 Å². The van der Waals surface area contributed by atoms with E-state index in [0.29, 0.717) is 16.7 Å². The van der Waals surface area contributed by atoms with E-state index in [1.807, 2.05) is 25.2 Å². The molecule has 0 amide bonds. The van der Waals surface area contributed by atoms with Gasteiger partial charge in [-0.05, 0) is 18.2 Å². The molecule has 2 rings (SSSR count). The maximum atomic E-state index is 6.11. The Balaban J connectivity index is 2.16. The normalized spacial score (nSPS) is 10.3. The van der Waals surface area contributed by atoms with Gasteiger partial charge in [0.25, 0.3) is 0 Å². The number of hydrogen-bond donors (Lipinski definition) is 0. The molecular formula is C13H12Cl2N2. The largest absolute Gasteiger partial charge is 0.370 e. The van der Waals surface area contributed by atoms with Crippen LogP contribution in [-0.4, -0.2) is 12.0 Å². The molecule has 0 unspecified atom stereocenters. The Hall–Kier alpha value is -1.25. The van der Waals surface area contributed by atoms with Gasteiger partial charge in [-0.25, -0.2) is 4.98 Å². The van der Waals surface area contributed by atoms with Crippen LogP contribution in [0.25, 0.3) is 0 Å². The van der Waals surface area contributed by atoms with E-state index in [4.69, 9.17) is 23.2 Å². The zero-order chi connectivity index (χ0) is 12.3. The van der Waals surface area contributed by atoms with Crippen LogP contribution in [0.2, 0.25) is 10.2 Å². The Morgan fingerprint density at radius 3 is 2.53 bits per heavy atom. The van der Waals surface area contributed by atoms with E-state index < -0.39 is 0 Å². The molecule has 0 radical (unpaired) electrons. The van der Waals surface area contributed by atoms with Crippen molar-refractivity contribution in [3.8, 4) is 0 Å². The number of rotatable bonds is 3. The molecule has 1 heterocycles. The molecule has 0 saturated heterocycles. The first kappa shape index (κ1) is 12.2. The number of halogens is 2. The van der Waals surface area contributed by atoms with Crippen molar-refractivity contribution >= 4 is 28.9 Å². The molecule has 88 valence electrons. The number of pyridine rings is 1. The monoisotopic (exact) mass is 266 g/mol. The number of aromatic nitrogens is 1. The number of para-hydroxylation sites is 1. The number of anilines is 1. The van der Waals surface area contributed by atoms with Gasteiger partial charge in [-0.2, -0.15) is 0 Å².